The maximum atomic E-state index is 11.8. The predicted octanol–water partition coefficient (Wildman–Crippen LogP) is 3.90. The lowest BCUT2D eigenvalue weighted by Crippen LogP contribution is -2.32. The Balaban J connectivity index is 2.69. The van der Waals surface area contributed by atoms with Crippen molar-refractivity contribution in [2.75, 3.05) is 5.33 Å². The van der Waals surface area contributed by atoms with Gasteiger partial charge < -0.3 is 5.32 Å². The van der Waals surface area contributed by atoms with Crippen molar-refractivity contribution in [1.82, 2.24) is 5.32 Å². The fourth-order valence-corrected chi connectivity index (χ4v) is 2.17. The van der Waals surface area contributed by atoms with Crippen LogP contribution in [0.25, 0.3) is 0 Å². The van der Waals surface area contributed by atoms with E-state index in [1.807, 2.05) is 6.92 Å². The molecule has 0 saturated heterocycles. The van der Waals surface area contributed by atoms with Gasteiger partial charge in [0.05, 0.1) is 10.0 Å². The largest absolute Gasteiger partial charge is 0.350 e. The Hall–Kier alpha value is -0.250. The molecular weight excluding hydrogens is 313 g/mol. The van der Waals surface area contributed by atoms with Gasteiger partial charge in [0.2, 0.25) is 0 Å². The zero-order chi connectivity index (χ0) is 12.1. The number of carbonyl (C=O) groups is 1. The number of amides is 1. The minimum absolute atomic E-state index is 0.126. The lowest BCUT2D eigenvalue weighted by Gasteiger charge is -2.12. The molecule has 0 heterocycles. The molecule has 1 N–H and O–H groups in total. The molecule has 0 aliphatic heterocycles. The number of nitrogens with one attached hydrogen (secondary N) is 1. The molecule has 0 aliphatic rings. The molecule has 1 rings (SSSR count). The second-order valence-corrected chi connectivity index (χ2v) is 5.09. The first-order valence-electron chi connectivity index (χ1n) is 4.86. The van der Waals surface area contributed by atoms with Crippen LogP contribution >= 0.6 is 39.1 Å². The van der Waals surface area contributed by atoms with E-state index >= 15 is 0 Å². The van der Waals surface area contributed by atoms with Gasteiger partial charge in [-0.15, -0.1) is 0 Å². The van der Waals surface area contributed by atoms with E-state index in [4.69, 9.17) is 23.2 Å². The number of alkyl halides is 1. The highest BCUT2D eigenvalue weighted by molar-refractivity contribution is 9.09. The SMILES string of the molecule is CC(CCBr)NC(=O)c1ccc(Cl)c(Cl)c1. The highest BCUT2D eigenvalue weighted by atomic mass is 79.9. The molecule has 88 valence electrons. The molecule has 1 atom stereocenters. The van der Waals surface area contributed by atoms with Crippen molar-refractivity contribution in [1.29, 1.82) is 0 Å². The van der Waals surface area contributed by atoms with Crippen LogP contribution in [-0.2, 0) is 0 Å². The number of halogens is 3. The van der Waals surface area contributed by atoms with E-state index in [-0.39, 0.29) is 11.9 Å². The Morgan fingerprint density at radius 2 is 2.12 bits per heavy atom. The van der Waals surface area contributed by atoms with Crippen molar-refractivity contribution in [3.63, 3.8) is 0 Å². The van der Waals surface area contributed by atoms with E-state index in [0.717, 1.165) is 11.8 Å². The summed E-state index contributed by atoms with van der Waals surface area (Å²) in [4.78, 5) is 11.8. The Bertz CT molecular complexity index is 384. The average molecular weight is 325 g/mol. The summed E-state index contributed by atoms with van der Waals surface area (Å²) >= 11 is 14.9. The molecule has 0 aromatic heterocycles. The first-order chi connectivity index (χ1) is 7.54. The van der Waals surface area contributed by atoms with Gasteiger partial charge in [-0.25, -0.2) is 0 Å². The van der Waals surface area contributed by atoms with Crippen LogP contribution in [0.5, 0.6) is 0 Å². The van der Waals surface area contributed by atoms with Crippen LogP contribution in [0.2, 0.25) is 10.0 Å². The van der Waals surface area contributed by atoms with Gasteiger partial charge in [-0.2, -0.15) is 0 Å². The standard InChI is InChI=1S/C11H12BrCl2NO/c1-7(4-5-12)15-11(16)8-2-3-9(13)10(14)6-8/h2-3,6-7H,4-5H2,1H3,(H,15,16). The Morgan fingerprint density at radius 1 is 1.44 bits per heavy atom. The second-order valence-electron chi connectivity index (χ2n) is 3.48. The molecular formula is C11H12BrCl2NO. The van der Waals surface area contributed by atoms with Gasteiger partial charge in [0, 0.05) is 16.9 Å². The number of carbonyl (C=O) groups excluding carboxylic acids is 1. The number of hydrogen-bond acceptors (Lipinski definition) is 1. The minimum atomic E-state index is -0.132. The summed E-state index contributed by atoms with van der Waals surface area (Å²) in [6, 6.07) is 4.97. The predicted molar refractivity (Wildman–Crippen MR) is 71.8 cm³/mol. The smallest absolute Gasteiger partial charge is 0.251 e. The van der Waals surface area contributed by atoms with Crippen molar-refractivity contribution in [3.05, 3.63) is 33.8 Å². The fourth-order valence-electron chi connectivity index (χ4n) is 1.18. The van der Waals surface area contributed by atoms with Gasteiger partial charge in [0.25, 0.3) is 5.91 Å². The lowest BCUT2D eigenvalue weighted by molar-refractivity contribution is 0.0939. The van der Waals surface area contributed by atoms with Crippen LogP contribution in [0.15, 0.2) is 18.2 Å². The molecule has 0 aliphatic carbocycles. The van der Waals surface area contributed by atoms with Crippen LogP contribution in [0, 0.1) is 0 Å². The molecule has 0 fully saturated rings. The molecule has 0 saturated carbocycles. The summed E-state index contributed by atoms with van der Waals surface area (Å²) in [7, 11) is 0. The molecule has 2 nitrogen and oxygen atoms in total. The Morgan fingerprint density at radius 3 is 2.69 bits per heavy atom. The van der Waals surface area contributed by atoms with Crippen molar-refractivity contribution >= 4 is 45.0 Å². The maximum absolute atomic E-state index is 11.8. The second kappa shape index (κ2) is 6.48. The van der Waals surface area contributed by atoms with Gasteiger partial charge in [-0.1, -0.05) is 39.1 Å². The molecule has 16 heavy (non-hydrogen) atoms. The summed E-state index contributed by atoms with van der Waals surface area (Å²) in [5, 5.41) is 4.57. The Kier molecular flexibility index (Phi) is 5.59. The fraction of sp³-hybridized carbons (Fsp3) is 0.364. The first kappa shape index (κ1) is 13.8. The van der Waals surface area contributed by atoms with Gasteiger partial charge in [-0.3, -0.25) is 4.79 Å². The van der Waals surface area contributed by atoms with Gasteiger partial charge in [0.1, 0.15) is 0 Å². The molecule has 0 radical (unpaired) electrons. The molecule has 1 aromatic rings. The van der Waals surface area contributed by atoms with Crippen molar-refractivity contribution in [2.24, 2.45) is 0 Å². The van der Waals surface area contributed by atoms with Crippen LogP contribution in [0.3, 0.4) is 0 Å². The molecule has 1 aromatic carbocycles. The molecule has 1 unspecified atom stereocenters. The highest BCUT2D eigenvalue weighted by Gasteiger charge is 2.10. The monoisotopic (exact) mass is 323 g/mol. The summed E-state index contributed by atoms with van der Waals surface area (Å²) in [5.74, 6) is -0.132. The number of benzene rings is 1. The van der Waals surface area contributed by atoms with Crippen LogP contribution < -0.4 is 5.32 Å². The third kappa shape index (κ3) is 3.96. The quantitative estimate of drug-likeness (QED) is 0.836. The van der Waals surface area contributed by atoms with Crippen molar-refractivity contribution in [2.45, 2.75) is 19.4 Å². The molecule has 5 heteroatoms. The topological polar surface area (TPSA) is 29.1 Å². The molecule has 1 amide bonds. The van der Waals surface area contributed by atoms with Gasteiger partial charge in [0.15, 0.2) is 0 Å². The zero-order valence-electron chi connectivity index (χ0n) is 8.77. The van der Waals surface area contributed by atoms with E-state index < -0.39 is 0 Å². The van der Waals surface area contributed by atoms with E-state index in [1.54, 1.807) is 18.2 Å². The van der Waals surface area contributed by atoms with Gasteiger partial charge in [-0.05, 0) is 31.5 Å². The van der Waals surface area contributed by atoms with Crippen LogP contribution in [0.1, 0.15) is 23.7 Å². The summed E-state index contributed by atoms with van der Waals surface area (Å²) in [5.41, 5.74) is 0.524. The normalized spacial score (nSPS) is 12.2. The summed E-state index contributed by atoms with van der Waals surface area (Å²) < 4.78 is 0. The van der Waals surface area contributed by atoms with E-state index in [1.165, 1.54) is 0 Å². The van der Waals surface area contributed by atoms with E-state index in [9.17, 15) is 4.79 Å². The maximum Gasteiger partial charge on any atom is 0.251 e. The number of hydrogen-bond donors (Lipinski definition) is 1. The van der Waals surface area contributed by atoms with Crippen molar-refractivity contribution < 1.29 is 4.79 Å². The molecule has 0 spiro atoms. The first-order valence-corrected chi connectivity index (χ1v) is 6.74. The highest BCUT2D eigenvalue weighted by Crippen LogP contribution is 2.22. The number of rotatable bonds is 4. The average Bonchev–Trinajstić information content (AvgIpc) is 2.22. The minimum Gasteiger partial charge on any atom is -0.350 e. The van der Waals surface area contributed by atoms with Gasteiger partial charge >= 0.3 is 0 Å². The van der Waals surface area contributed by atoms with E-state index in [0.29, 0.717) is 15.6 Å². The Labute approximate surface area is 113 Å². The van der Waals surface area contributed by atoms with E-state index in [2.05, 4.69) is 21.2 Å². The summed E-state index contributed by atoms with van der Waals surface area (Å²) in [6.07, 6.45) is 0.882. The van der Waals surface area contributed by atoms with Crippen LogP contribution in [0.4, 0.5) is 0 Å². The van der Waals surface area contributed by atoms with Crippen molar-refractivity contribution in [3.8, 4) is 0 Å². The lowest BCUT2D eigenvalue weighted by atomic mass is 10.2. The third-order valence-electron chi connectivity index (χ3n) is 2.10. The third-order valence-corrected chi connectivity index (χ3v) is 3.30. The van der Waals surface area contributed by atoms with Crippen LogP contribution in [-0.4, -0.2) is 17.3 Å². The summed E-state index contributed by atoms with van der Waals surface area (Å²) in [6.45, 7) is 1.96. The molecule has 0 bridgehead atoms. The zero-order valence-corrected chi connectivity index (χ0v) is 11.9.